The van der Waals surface area contributed by atoms with Crippen LogP contribution in [0, 0.1) is 5.82 Å². The molecule has 2 heterocycles. The molecule has 0 unspecified atom stereocenters. The van der Waals surface area contributed by atoms with Crippen LogP contribution < -0.4 is 0 Å². The van der Waals surface area contributed by atoms with E-state index in [0.717, 1.165) is 13.1 Å². The number of benzene rings is 1. The lowest BCUT2D eigenvalue weighted by Crippen LogP contribution is -2.52. The molecule has 2 fully saturated rings. The van der Waals surface area contributed by atoms with E-state index in [0.29, 0.717) is 35.5 Å². The first-order valence-corrected chi connectivity index (χ1v) is 11.7. The fraction of sp³-hybridized carbons (Fsp3) is 0.500. The van der Waals surface area contributed by atoms with Crippen LogP contribution in [0.5, 0.6) is 0 Å². The summed E-state index contributed by atoms with van der Waals surface area (Å²) in [5.41, 5.74) is 0. The number of carbonyl (C=O) groups is 1. The molecule has 1 aromatic heterocycles. The maximum atomic E-state index is 13.0. The summed E-state index contributed by atoms with van der Waals surface area (Å²) < 4.78 is 31.1. The number of hydrogen-bond donors (Lipinski definition) is 0. The van der Waals surface area contributed by atoms with Gasteiger partial charge in [0.2, 0.25) is 0 Å². The largest absolute Gasteiger partial charge is 0.455 e. The highest BCUT2D eigenvalue weighted by atomic mass is 32.2. The minimum Gasteiger partial charge on any atom is -0.455 e. The molecule has 1 atom stereocenters. The number of piperazine rings is 1. The predicted molar refractivity (Wildman–Crippen MR) is 110 cm³/mol. The van der Waals surface area contributed by atoms with Crippen molar-refractivity contribution in [2.24, 2.45) is 0 Å². The Morgan fingerprint density at radius 3 is 2.38 bits per heavy atom. The number of furan rings is 1. The summed E-state index contributed by atoms with van der Waals surface area (Å²) in [6.07, 6.45) is 6.54. The number of rotatable bonds is 5. The fourth-order valence-corrected chi connectivity index (χ4v) is 5.28. The molecule has 0 bridgehead atoms. The highest BCUT2D eigenvalue weighted by molar-refractivity contribution is 7.84. The van der Waals surface area contributed by atoms with Gasteiger partial charge < -0.3 is 9.32 Å². The van der Waals surface area contributed by atoms with E-state index in [4.69, 9.17) is 4.42 Å². The Morgan fingerprint density at radius 1 is 1.00 bits per heavy atom. The average molecular weight is 419 g/mol. The van der Waals surface area contributed by atoms with Crippen LogP contribution in [0.15, 0.2) is 45.7 Å². The van der Waals surface area contributed by atoms with Crippen molar-refractivity contribution < 1.29 is 17.8 Å². The summed E-state index contributed by atoms with van der Waals surface area (Å²) in [6.45, 7) is 3.26. The van der Waals surface area contributed by atoms with E-state index < -0.39 is 10.8 Å². The quantitative estimate of drug-likeness (QED) is 0.741. The molecular formula is C22H27FN2O3S. The summed E-state index contributed by atoms with van der Waals surface area (Å²) in [6, 6.07) is 9.63. The van der Waals surface area contributed by atoms with Gasteiger partial charge in [-0.15, -0.1) is 0 Å². The van der Waals surface area contributed by atoms with Gasteiger partial charge in [0.05, 0.1) is 16.6 Å². The molecule has 7 heteroatoms. The second-order valence-electron chi connectivity index (χ2n) is 7.83. The summed E-state index contributed by atoms with van der Waals surface area (Å²) >= 11 is 0. The van der Waals surface area contributed by atoms with E-state index >= 15 is 0 Å². The number of hydrogen-bond acceptors (Lipinski definition) is 4. The zero-order chi connectivity index (χ0) is 20.2. The second-order valence-corrected chi connectivity index (χ2v) is 9.28. The number of nitrogens with zero attached hydrogens (tertiary/aromatic N) is 2. The minimum atomic E-state index is -1.35. The lowest BCUT2D eigenvalue weighted by atomic mass is 9.94. The zero-order valence-corrected chi connectivity index (χ0v) is 17.3. The third-order valence-electron chi connectivity index (χ3n) is 5.91. The summed E-state index contributed by atoms with van der Waals surface area (Å²) in [5, 5.41) is 0. The van der Waals surface area contributed by atoms with Crippen molar-refractivity contribution >= 4 is 16.7 Å². The molecule has 156 valence electrons. The van der Waals surface area contributed by atoms with Crippen LogP contribution in [0.4, 0.5) is 4.39 Å². The summed E-state index contributed by atoms with van der Waals surface area (Å²) in [4.78, 5) is 17.7. The Morgan fingerprint density at radius 2 is 1.69 bits per heavy atom. The fourth-order valence-electron chi connectivity index (χ4n) is 4.26. The normalized spacial score (nSPS) is 20.0. The SMILES string of the molecule is O=C(c1ccc(C[S@@](=O)c2ccc(F)cc2)o1)N1CCN(C2CCCCC2)CC1. The smallest absolute Gasteiger partial charge is 0.289 e. The van der Waals surface area contributed by atoms with Gasteiger partial charge in [-0.25, -0.2) is 4.39 Å². The van der Waals surface area contributed by atoms with E-state index in [1.807, 2.05) is 4.90 Å². The van der Waals surface area contributed by atoms with Crippen LogP contribution in [0.25, 0.3) is 0 Å². The van der Waals surface area contributed by atoms with Crippen molar-refractivity contribution in [1.82, 2.24) is 9.80 Å². The molecule has 1 aliphatic heterocycles. The van der Waals surface area contributed by atoms with Gasteiger partial charge in [-0.05, 0) is 49.2 Å². The first-order valence-electron chi connectivity index (χ1n) is 10.4. The third-order valence-corrected chi connectivity index (χ3v) is 7.26. The molecular weight excluding hydrogens is 391 g/mol. The zero-order valence-electron chi connectivity index (χ0n) is 16.5. The molecule has 29 heavy (non-hydrogen) atoms. The van der Waals surface area contributed by atoms with Crippen LogP contribution in [0.1, 0.15) is 48.4 Å². The van der Waals surface area contributed by atoms with Crippen LogP contribution in [-0.4, -0.2) is 52.1 Å². The van der Waals surface area contributed by atoms with Gasteiger partial charge in [0.1, 0.15) is 11.6 Å². The van der Waals surface area contributed by atoms with Gasteiger partial charge in [-0.1, -0.05) is 19.3 Å². The first kappa shape index (κ1) is 20.3. The van der Waals surface area contributed by atoms with E-state index in [1.54, 1.807) is 12.1 Å². The molecule has 2 aromatic rings. The van der Waals surface area contributed by atoms with E-state index in [9.17, 15) is 13.4 Å². The monoisotopic (exact) mass is 418 g/mol. The van der Waals surface area contributed by atoms with Crippen molar-refractivity contribution in [2.75, 3.05) is 26.2 Å². The Bertz CT molecular complexity index is 853. The van der Waals surface area contributed by atoms with E-state index in [2.05, 4.69) is 4.90 Å². The van der Waals surface area contributed by atoms with Crippen molar-refractivity contribution in [1.29, 1.82) is 0 Å². The van der Waals surface area contributed by atoms with Crippen LogP contribution in [0.2, 0.25) is 0 Å². The van der Waals surface area contributed by atoms with Gasteiger partial charge >= 0.3 is 0 Å². The Kier molecular flexibility index (Phi) is 6.45. The molecule has 5 nitrogen and oxygen atoms in total. The maximum absolute atomic E-state index is 13.0. The highest BCUT2D eigenvalue weighted by Crippen LogP contribution is 2.24. The molecule has 1 saturated carbocycles. The van der Waals surface area contributed by atoms with Gasteiger partial charge in [-0.2, -0.15) is 0 Å². The molecule has 0 radical (unpaired) electrons. The van der Waals surface area contributed by atoms with Crippen LogP contribution in [-0.2, 0) is 16.6 Å². The molecule has 4 rings (SSSR count). The molecule has 1 saturated heterocycles. The van der Waals surface area contributed by atoms with Gasteiger partial charge in [-0.3, -0.25) is 13.9 Å². The highest BCUT2D eigenvalue weighted by Gasteiger charge is 2.28. The lowest BCUT2D eigenvalue weighted by molar-refractivity contribution is 0.0496. The van der Waals surface area contributed by atoms with E-state index in [1.165, 1.54) is 56.4 Å². The summed E-state index contributed by atoms with van der Waals surface area (Å²) in [7, 11) is -1.35. The molecule has 1 aromatic carbocycles. The predicted octanol–water partition coefficient (Wildman–Crippen LogP) is 3.82. The molecule has 0 spiro atoms. The number of carbonyl (C=O) groups excluding carboxylic acids is 1. The topological polar surface area (TPSA) is 53.8 Å². The lowest BCUT2D eigenvalue weighted by Gasteiger charge is -2.40. The Hall–Kier alpha value is -1.99. The molecule has 2 aliphatic rings. The Labute approximate surface area is 173 Å². The van der Waals surface area contributed by atoms with Crippen molar-refractivity contribution in [3.05, 3.63) is 53.7 Å². The van der Waals surface area contributed by atoms with Gasteiger partial charge in [0, 0.05) is 37.1 Å². The molecule has 1 amide bonds. The molecule has 1 aliphatic carbocycles. The van der Waals surface area contributed by atoms with Crippen molar-refractivity contribution in [2.45, 2.75) is 48.8 Å². The van der Waals surface area contributed by atoms with Gasteiger partial charge in [0.25, 0.3) is 5.91 Å². The van der Waals surface area contributed by atoms with Crippen LogP contribution >= 0.6 is 0 Å². The summed E-state index contributed by atoms with van der Waals surface area (Å²) in [5.74, 6) is 0.486. The standard InChI is InChI=1S/C22H27FN2O3S/c23-17-6-9-20(10-7-17)29(27)16-19-8-11-21(28-19)22(26)25-14-12-24(13-15-25)18-4-2-1-3-5-18/h6-11,18H,1-5,12-16H2/t29-/m1/s1. The third kappa shape index (κ3) is 4.95. The molecule has 0 N–H and O–H groups in total. The van der Waals surface area contributed by atoms with E-state index in [-0.39, 0.29) is 17.5 Å². The average Bonchev–Trinajstić information content (AvgIpc) is 3.23. The minimum absolute atomic E-state index is 0.105. The van der Waals surface area contributed by atoms with Crippen molar-refractivity contribution in [3.63, 3.8) is 0 Å². The first-order chi connectivity index (χ1) is 14.1. The second kappa shape index (κ2) is 9.22. The number of amides is 1. The van der Waals surface area contributed by atoms with Crippen molar-refractivity contribution in [3.8, 4) is 0 Å². The number of halogens is 1. The van der Waals surface area contributed by atoms with Crippen LogP contribution in [0.3, 0.4) is 0 Å². The Balaban J connectivity index is 1.31. The maximum Gasteiger partial charge on any atom is 0.289 e. The van der Waals surface area contributed by atoms with Gasteiger partial charge in [0.15, 0.2) is 5.76 Å².